The van der Waals surface area contributed by atoms with E-state index in [0.29, 0.717) is 59.0 Å². The maximum absolute atomic E-state index is 13.2. The van der Waals surface area contributed by atoms with Crippen LogP contribution in [0.4, 0.5) is 23.1 Å². The summed E-state index contributed by atoms with van der Waals surface area (Å²) in [5.41, 5.74) is 4.03. The molecule has 2 aromatic heterocycles. The first-order valence-corrected chi connectivity index (χ1v) is 16.9. The number of aliphatic imine (C=N–C) groups is 1. The van der Waals surface area contributed by atoms with Gasteiger partial charge in [0, 0.05) is 54.9 Å². The Morgan fingerprint density at radius 3 is 2.74 bits per heavy atom. The molecular weight excluding hydrogens is 608 g/mol. The molecule has 3 aliphatic heterocycles. The van der Waals surface area contributed by atoms with Crippen molar-refractivity contribution >= 4 is 68.2 Å². The van der Waals surface area contributed by atoms with Gasteiger partial charge in [0.25, 0.3) is 10.0 Å². The first-order chi connectivity index (χ1) is 20.6. The number of thiazole rings is 1. The van der Waals surface area contributed by atoms with Crippen molar-refractivity contribution in [1.82, 2.24) is 19.3 Å². The Bertz CT molecular complexity index is 1710. The third-order valence-corrected chi connectivity index (χ3v) is 11.8. The monoisotopic (exact) mass is 640 g/mol. The number of aryl methyl sites for hydroxylation is 3. The Hall–Kier alpha value is -3.39. The Balaban J connectivity index is 1.13. The molecule has 3 N–H and O–H groups in total. The number of nitrogens with one attached hydrogen (secondary N) is 3. The van der Waals surface area contributed by atoms with Crippen molar-refractivity contribution in [2.24, 2.45) is 16.8 Å². The number of amides is 1. The molecule has 11 nitrogen and oxygen atoms in total. The van der Waals surface area contributed by atoms with E-state index in [1.807, 2.05) is 31.3 Å². The van der Waals surface area contributed by atoms with Crippen LogP contribution in [-0.4, -0.2) is 52.9 Å². The average Bonchev–Trinajstić information content (AvgIpc) is 3.33. The van der Waals surface area contributed by atoms with Gasteiger partial charge in [-0.05, 0) is 75.6 Å². The fourth-order valence-corrected chi connectivity index (χ4v) is 8.95. The van der Waals surface area contributed by atoms with Gasteiger partial charge in [-0.1, -0.05) is 11.6 Å². The Labute approximate surface area is 260 Å². The van der Waals surface area contributed by atoms with Gasteiger partial charge in [-0.15, -0.1) is 11.3 Å². The third-order valence-electron chi connectivity index (χ3n) is 7.94. The number of carbonyl (C=O) groups excluding carboxylic acids is 1. The molecule has 0 saturated carbocycles. The van der Waals surface area contributed by atoms with Crippen molar-refractivity contribution in [3.05, 3.63) is 57.6 Å². The van der Waals surface area contributed by atoms with E-state index in [0.717, 1.165) is 46.9 Å². The van der Waals surface area contributed by atoms with Gasteiger partial charge in [0.15, 0.2) is 10.0 Å². The normalized spacial score (nSPS) is 19.2. The molecule has 1 unspecified atom stereocenters. The van der Waals surface area contributed by atoms with E-state index in [-0.39, 0.29) is 17.7 Å². The lowest BCUT2D eigenvalue weighted by Crippen LogP contribution is -2.39. The summed E-state index contributed by atoms with van der Waals surface area (Å²) in [4.78, 5) is 30.8. The molecule has 3 aliphatic rings. The molecule has 3 aromatic rings. The maximum Gasteiger partial charge on any atom is 0.254 e. The fourth-order valence-electron chi connectivity index (χ4n) is 5.73. The number of hydrogen-bond donors (Lipinski definition) is 3. The number of fused-ring (bicyclic) bond motifs is 6. The standard InChI is InChI=1S/C29H33ClN8O3S2/c1-17-28(42-18(2)33-17)43(40,41)38-9-7-19(8-10-38)12-26(39)36-25-6-5-22-13-21(25)4-3-20-11-23(15-31-14-20)35-29-32-16-24(30)27(34-22)37-29/h5-6,13-16,19-20H,3-4,7-12H2,1-2H3,(H,36,39)(H2,32,34,35,37). The smallest absolute Gasteiger partial charge is 0.254 e. The summed E-state index contributed by atoms with van der Waals surface area (Å²) in [6.45, 7) is 4.33. The molecule has 6 bridgehead atoms. The molecule has 1 fully saturated rings. The van der Waals surface area contributed by atoms with Crippen molar-refractivity contribution < 1.29 is 13.2 Å². The topological polar surface area (TPSA) is 142 Å². The van der Waals surface area contributed by atoms with Crippen LogP contribution in [0.15, 0.2) is 45.5 Å². The largest absolute Gasteiger partial charge is 0.339 e. The summed E-state index contributed by atoms with van der Waals surface area (Å²) >= 11 is 7.60. The number of anilines is 4. The summed E-state index contributed by atoms with van der Waals surface area (Å²) in [5.74, 6) is 1.17. The van der Waals surface area contributed by atoms with Crippen LogP contribution in [0.3, 0.4) is 0 Å². The summed E-state index contributed by atoms with van der Waals surface area (Å²) in [5, 5.41) is 10.8. The molecule has 1 saturated heterocycles. The van der Waals surface area contributed by atoms with Crippen LogP contribution in [0.5, 0.6) is 0 Å². The Morgan fingerprint density at radius 1 is 1.16 bits per heavy atom. The number of sulfonamides is 1. The minimum atomic E-state index is -3.57. The second-order valence-electron chi connectivity index (χ2n) is 11.2. The van der Waals surface area contributed by atoms with Gasteiger partial charge in [0.1, 0.15) is 5.02 Å². The lowest BCUT2D eigenvalue weighted by atomic mass is 9.93. The molecule has 6 rings (SSSR count). The third kappa shape index (κ3) is 6.74. The summed E-state index contributed by atoms with van der Waals surface area (Å²) in [7, 11) is -3.57. The highest BCUT2D eigenvalue weighted by molar-refractivity contribution is 7.91. The minimum Gasteiger partial charge on any atom is -0.339 e. The van der Waals surface area contributed by atoms with E-state index in [1.54, 1.807) is 19.3 Å². The van der Waals surface area contributed by atoms with E-state index >= 15 is 0 Å². The predicted molar refractivity (Wildman–Crippen MR) is 170 cm³/mol. The van der Waals surface area contributed by atoms with Crippen LogP contribution in [-0.2, 0) is 21.2 Å². The summed E-state index contributed by atoms with van der Waals surface area (Å²) in [6.07, 6.45) is 9.25. The van der Waals surface area contributed by atoms with Gasteiger partial charge in [-0.2, -0.15) is 9.29 Å². The van der Waals surface area contributed by atoms with Gasteiger partial charge in [-0.25, -0.2) is 18.4 Å². The quantitative estimate of drug-likeness (QED) is 0.324. The van der Waals surface area contributed by atoms with E-state index in [9.17, 15) is 13.2 Å². The van der Waals surface area contributed by atoms with E-state index in [1.165, 1.54) is 15.6 Å². The second kappa shape index (κ2) is 12.3. The molecule has 226 valence electrons. The number of piperidine rings is 1. The molecule has 14 heteroatoms. The zero-order valence-electron chi connectivity index (χ0n) is 23.9. The maximum atomic E-state index is 13.2. The van der Waals surface area contributed by atoms with Crippen molar-refractivity contribution in [3.8, 4) is 0 Å². The number of benzene rings is 1. The van der Waals surface area contributed by atoms with Crippen LogP contribution >= 0.6 is 22.9 Å². The molecule has 0 spiro atoms. The number of carbonyl (C=O) groups is 1. The first-order valence-electron chi connectivity index (χ1n) is 14.3. The second-order valence-corrected chi connectivity index (χ2v) is 14.9. The van der Waals surface area contributed by atoms with Crippen LogP contribution in [0.2, 0.25) is 5.02 Å². The zero-order chi connectivity index (χ0) is 30.1. The highest BCUT2D eigenvalue weighted by Gasteiger charge is 2.33. The van der Waals surface area contributed by atoms with Crippen LogP contribution in [0, 0.1) is 25.7 Å². The highest BCUT2D eigenvalue weighted by Crippen LogP contribution is 2.33. The van der Waals surface area contributed by atoms with Gasteiger partial charge in [-0.3, -0.25) is 9.79 Å². The molecular formula is C29H33ClN8O3S2. The SMILES string of the molecule is Cc1nc(C)c(S(=O)(=O)N2CCC(CC(=O)Nc3ccc4cc3CCC3C=NC=C(C3)Nc3ncc(Cl)c(n3)N4)CC2)s1. The average molecular weight is 641 g/mol. The lowest BCUT2D eigenvalue weighted by Gasteiger charge is -2.30. The van der Waals surface area contributed by atoms with E-state index in [2.05, 4.69) is 35.9 Å². The van der Waals surface area contributed by atoms with Gasteiger partial charge >= 0.3 is 0 Å². The Kier molecular flexibility index (Phi) is 8.49. The van der Waals surface area contributed by atoms with Gasteiger partial charge in [0.2, 0.25) is 11.9 Å². The predicted octanol–water partition coefficient (Wildman–Crippen LogP) is 5.67. The number of nitrogens with zero attached hydrogens (tertiary/aromatic N) is 5. The molecule has 1 amide bonds. The van der Waals surface area contributed by atoms with Crippen LogP contribution < -0.4 is 16.0 Å². The van der Waals surface area contributed by atoms with Crippen molar-refractivity contribution in [1.29, 1.82) is 0 Å². The number of rotatable bonds is 5. The molecule has 0 radical (unpaired) electrons. The summed E-state index contributed by atoms with van der Waals surface area (Å²) < 4.78 is 28.2. The Morgan fingerprint density at radius 2 is 1.98 bits per heavy atom. The molecule has 5 heterocycles. The van der Waals surface area contributed by atoms with Crippen LogP contribution in [0.1, 0.15) is 48.4 Å². The summed E-state index contributed by atoms with van der Waals surface area (Å²) in [6, 6.07) is 5.81. The zero-order valence-corrected chi connectivity index (χ0v) is 26.3. The molecule has 43 heavy (non-hydrogen) atoms. The van der Waals surface area contributed by atoms with Gasteiger partial charge in [0.05, 0.1) is 16.9 Å². The number of aromatic nitrogens is 3. The van der Waals surface area contributed by atoms with Crippen molar-refractivity contribution in [3.63, 3.8) is 0 Å². The first kappa shape index (κ1) is 29.7. The number of halogens is 1. The molecule has 1 atom stereocenters. The van der Waals surface area contributed by atoms with E-state index < -0.39 is 10.0 Å². The molecule has 0 aliphatic carbocycles. The minimum absolute atomic E-state index is 0.0766. The lowest BCUT2D eigenvalue weighted by molar-refractivity contribution is -0.117. The number of hydrogen-bond acceptors (Lipinski definition) is 10. The van der Waals surface area contributed by atoms with Crippen molar-refractivity contribution in [2.45, 2.75) is 56.6 Å². The number of allylic oxidation sites excluding steroid dienone is 1. The van der Waals surface area contributed by atoms with E-state index in [4.69, 9.17) is 11.6 Å². The van der Waals surface area contributed by atoms with Crippen LogP contribution in [0.25, 0.3) is 0 Å². The fraction of sp³-hybridized carbons (Fsp3) is 0.414. The van der Waals surface area contributed by atoms with Crippen molar-refractivity contribution in [2.75, 3.05) is 29.0 Å². The molecule has 1 aromatic carbocycles. The van der Waals surface area contributed by atoms with Gasteiger partial charge < -0.3 is 16.0 Å². The highest BCUT2D eigenvalue weighted by atomic mass is 35.5.